The number of hydrogen-bond donors (Lipinski definition) is 0. The van der Waals surface area contributed by atoms with Gasteiger partial charge in [0.15, 0.2) is 0 Å². The van der Waals surface area contributed by atoms with Crippen molar-refractivity contribution in [3.05, 3.63) is 84.1 Å². The van der Waals surface area contributed by atoms with E-state index in [0.717, 1.165) is 34.4 Å². The molecule has 0 radical (unpaired) electrons. The van der Waals surface area contributed by atoms with Gasteiger partial charge in [0, 0.05) is 11.6 Å². The van der Waals surface area contributed by atoms with Gasteiger partial charge in [0.2, 0.25) is 0 Å². The van der Waals surface area contributed by atoms with Crippen LogP contribution in [0.15, 0.2) is 78.3 Å². The summed E-state index contributed by atoms with van der Waals surface area (Å²) in [6.07, 6.45) is 7.49. The van der Waals surface area contributed by atoms with Crippen LogP contribution in [-0.2, 0) is 9.31 Å². The first kappa shape index (κ1) is 19.3. The van der Waals surface area contributed by atoms with E-state index in [1.165, 1.54) is 0 Å². The van der Waals surface area contributed by atoms with Gasteiger partial charge in [0.05, 0.1) is 22.2 Å². The molecule has 1 aromatic heterocycles. The Bertz CT molecular complexity index is 1130. The number of fused-ring (bicyclic) bond motifs is 1. The Kier molecular flexibility index (Phi) is 4.49. The minimum Gasteiger partial charge on any atom is -0.399 e. The Balaban J connectivity index is 1.47. The number of nitrogens with zero attached hydrogens (tertiary/aromatic N) is 2. The number of benzene rings is 2. The minimum absolute atomic E-state index is 0.198. The molecule has 2 aliphatic rings. The highest BCUT2D eigenvalue weighted by atomic mass is 16.7. The normalized spacial score (nSPS) is 22.5. The highest BCUT2D eigenvalue weighted by molar-refractivity contribution is 6.55. The van der Waals surface area contributed by atoms with E-state index in [1.807, 2.05) is 12.1 Å². The predicted octanol–water partition coefficient (Wildman–Crippen LogP) is 5.63. The fraction of sp³-hybridized carbons (Fsp3) is 0.320. The SMILES string of the molecule is CC1(C)OB(C2=CCC(c3nc4ccccc4n3-c3ccccc3)C=C2)OC1(C)C. The molecule has 1 aliphatic heterocycles. The van der Waals surface area contributed by atoms with Gasteiger partial charge in [-0.1, -0.05) is 48.6 Å². The first-order chi connectivity index (χ1) is 14.4. The molecule has 5 heteroatoms. The minimum atomic E-state index is -0.329. The molecule has 4 nitrogen and oxygen atoms in total. The maximum atomic E-state index is 6.22. The lowest BCUT2D eigenvalue weighted by Gasteiger charge is -2.32. The Hall–Kier alpha value is -2.63. The van der Waals surface area contributed by atoms with Crippen LogP contribution in [-0.4, -0.2) is 27.9 Å². The second kappa shape index (κ2) is 6.97. The van der Waals surface area contributed by atoms with E-state index in [2.05, 4.69) is 93.0 Å². The lowest BCUT2D eigenvalue weighted by Crippen LogP contribution is -2.41. The average molecular weight is 398 g/mol. The summed E-state index contributed by atoms with van der Waals surface area (Å²) in [6, 6.07) is 18.8. The van der Waals surface area contributed by atoms with Crippen molar-refractivity contribution >= 4 is 18.2 Å². The van der Waals surface area contributed by atoms with Crippen LogP contribution in [0.3, 0.4) is 0 Å². The Morgan fingerprint density at radius 3 is 2.27 bits per heavy atom. The first-order valence-electron chi connectivity index (χ1n) is 10.6. The van der Waals surface area contributed by atoms with E-state index in [-0.39, 0.29) is 24.2 Å². The van der Waals surface area contributed by atoms with Crippen molar-refractivity contribution in [2.24, 2.45) is 0 Å². The van der Waals surface area contributed by atoms with Crippen molar-refractivity contribution < 1.29 is 9.31 Å². The van der Waals surface area contributed by atoms with Crippen LogP contribution in [0, 0.1) is 0 Å². The second-order valence-corrected chi connectivity index (χ2v) is 9.12. The van der Waals surface area contributed by atoms with Crippen molar-refractivity contribution in [3.63, 3.8) is 0 Å². The number of hydrogen-bond acceptors (Lipinski definition) is 3. The number of allylic oxidation sites excluding steroid dienone is 4. The third-order valence-corrected chi connectivity index (χ3v) is 6.59. The molecule has 1 atom stereocenters. The highest BCUT2D eigenvalue weighted by Crippen LogP contribution is 2.40. The van der Waals surface area contributed by atoms with Crippen LogP contribution >= 0.6 is 0 Å². The van der Waals surface area contributed by atoms with E-state index in [9.17, 15) is 0 Å². The largest absolute Gasteiger partial charge is 0.494 e. The standard InChI is InChI=1S/C25H27BN2O2/c1-24(2)25(3,4)30-26(29-24)19-16-14-18(15-17-19)23-27-21-12-8-9-13-22(21)28(23)20-10-6-5-7-11-20/h5-14,16-18H,15H2,1-4H3. The molecule has 0 bridgehead atoms. The fourth-order valence-electron chi connectivity index (χ4n) is 4.12. The van der Waals surface area contributed by atoms with E-state index >= 15 is 0 Å². The monoisotopic (exact) mass is 398 g/mol. The average Bonchev–Trinajstić information content (AvgIpc) is 3.23. The van der Waals surface area contributed by atoms with Gasteiger partial charge in [-0.25, -0.2) is 4.98 Å². The van der Waals surface area contributed by atoms with Crippen LogP contribution in [0.25, 0.3) is 16.7 Å². The van der Waals surface area contributed by atoms with E-state index in [1.54, 1.807) is 0 Å². The van der Waals surface area contributed by atoms with Crippen molar-refractivity contribution in [2.45, 2.75) is 51.2 Å². The zero-order chi connectivity index (χ0) is 20.9. The van der Waals surface area contributed by atoms with Gasteiger partial charge in [0.25, 0.3) is 0 Å². The van der Waals surface area contributed by atoms with Crippen molar-refractivity contribution in [2.75, 3.05) is 0 Å². The van der Waals surface area contributed by atoms with E-state index in [4.69, 9.17) is 14.3 Å². The highest BCUT2D eigenvalue weighted by Gasteiger charge is 2.52. The summed E-state index contributed by atoms with van der Waals surface area (Å²) >= 11 is 0. The number of aromatic nitrogens is 2. The second-order valence-electron chi connectivity index (χ2n) is 9.12. The van der Waals surface area contributed by atoms with Gasteiger partial charge in [-0.3, -0.25) is 4.57 Å². The molecule has 2 aromatic carbocycles. The van der Waals surface area contributed by atoms with Crippen molar-refractivity contribution in [3.8, 4) is 5.69 Å². The Morgan fingerprint density at radius 2 is 1.60 bits per heavy atom. The lowest BCUT2D eigenvalue weighted by molar-refractivity contribution is 0.00578. The summed E-state index contributed by atoms with van der Waals surface area (Å²) in [6.45, 7) is 8.35. The molecular formula is C25H27BN2O2. The molecule has 2 heterocycles. The lowest BCUT2D eigenvalue weighted by atomic mass is 9.74. The smallest absolute Gasteiger partial charge is 0.399 e. The maximum absolute atomic E-state index is 6.22. The van der Waals surface area contributed by atoms with Crippen LogP contribution in [0.1, 0.15) is 45.9 Å². The summed E-state index contributed by atoms with van der Waals surface area (Å²) < 4.78 is 14.7. The first-order valence-corrected chi connectivity index (χ1v) is 10.6. The van der Waals surface area contributed by atoms with Crippen LogP contribution < -0.4 is 0 Å². The van der Waals surface area contributed by atoms with Gasteiger partial charge in [-0.05, 0) is 63.9 Å². The quantitative estimate of drug-likeness (QED) is 0.537. The molecule has 0 amide bonds. The van der Waals surface area contributed by atoms with Gasteiger partial charge >= 0.3 is 7.12 Å². The predicted molar refractivity (Wildman–Crippen MR) is 122 cm³/mol. The molecule has 152 valence electrons. The third-order valence-electron chi connectivity index (χ3n) is 6.59. The molecule has 1 aliphatic carbocycles. The topological polar surface area (TPSA) is 36.3 Å². The molecule has 5 rings (SSSR count). The van der Waals surface area contributed by atoms with Crippen LogP contribution in [0.4, 0.5) is 0 Å². The molecule has 0 saturated carbocycles. The summed E-state index contributed by atoms with van der Waals surface area (Å²) in [4.78, 5) is 5.00. The number of imidazole rings is 1. The number of para-hydroxylation sites is 3. The van der Waals surface area contributed by atoms with Crippen LogP contribution in [0.5, 0.6) is 0 Å². The fourth-order valence-corrected chi connectivity index (χ4v) is 4.12. The molecule has 1 unspecified atom stereocenters. The van der Waals surface area contributed by atoms with Gasteiger partial charge in [0.1, 0.15) is 5.82 Å². The summed E-state index contributed by atoms with van der Waals surface area (Å²) in [5.74, 6) is 1.26. The van der Waals surface area contributed by atoms with Gasteiger partial charge in [-0.2, -0.15) is 0 Å². The molecule has 1 fully saturated rings. The molecule has 0 N–H and O–H groups in total. The molecule has 1 saturated heterocycles. The Morgan fingerprint density at radius 1 is 0.933 bits per heavy atom. The van der Waals surface area contributed by atoms with Crippen molar-refractivity contribution in [1.29, 1.82) is 0 Å². The van der Waals surface area contributed by atoms with E-state index in [0.29, 0.717) is 0 Å². The van der Waals surface area contributed by atoms with E-state index < -0.39 is 0 Å². The summed E-state index contributed by atoms with van der Waals surface area (Å²) in [7, 11) is -0.319. The zero-order valence-electron chi connectivity index (χ0n) is 18.0. The van der Waals surface area contributed by atoms with Gasteiger partial charge < -0.3 is 9.31 Å². The third kappa shape index (κ3) is 3.13. The Labute approximate surface area is 178 Å². The van der Waals surface area contributed by atoms with Crippen molar-refractivity contribution in [1.82, 2.24) is 9.55 Å². The zero-order valence-corrected chi connectivity index (χ0v) is 18.0. The molecule has 30 heavy (non-hydrogen) atoms. The molecule has 0 spiro atoms. The summed E-state index contributed by atoms with van der Waals surface area (Å²) in [5, 5.41) is 0. The number of rotatable bonds is 3. The maximum Gasteiger partial charge on any atom is 0.494 e. The van der Waals surface area contributed by atoms with Gasteiger partial charge in [-0.15, -0.1) is 0 Å². The molecule has 3 aromatic rings. The summed E-state index contributed by atoms with van der Waals surface area (Å²) in [5.41, 5.74) is 3.72. The molecular weight excluding hydrogens is 371 g/mol. The van der Waals surface area contributed by atoms with Crippen LogP contribution in [0.2, 0.25) is 0 Å².